The highest BCUT2D eigenvalue weighted by Gasteiger charge is 2.10. The first-order valence-corrected chi connectivity index (χ1v) is 7.25. The van der Waals surface area contributed by atoms with Crippen LogP contribution in [0.4, 0.5) is 4.39 Å². The van der Waals surface area contributed by atoms with E-state index in [0.29, 0.717) is 16.5 Å². The molecule has 0 aliphatic rings. The van der Waals surface area contributed by atoms with Crippen LogP contribution in [0.3, 0.4) is 0 Å². The van der Waals surface area contributed by atoms with Crippen LogP contribution in [-0.2, 0) is 6.54 Å². The van der Waals surface area contributed by atoms with Crippen molar-refractivity contribution in [3.05, 3.63) is 76.7 Å². The summed E-state index contributed by atoms with van der Waals surface area (Å²) in [6, 6.07) is 14.4. The van der Waals surface area contributed by atoms with E-state index in [2.05, 4.69) is 10.5 Å². The number of halogens is 2. The molecule has 23 heavy (non-hydrogen) atoms. The second-order valence-corrected chi connectivity index (χ2v) is 5.32. The molecule has 0 fully saturated rings. The van der Waals surface area contributed by atoms with Crippen LogP contribution < -0.4 is 5.32 Å². The van der Waals surface area contributed by atoms with Gasteiger partial charge in [-0.3, -0.25) is 4.79 Å². The number of carbonyl (C=O) groups excluding carboxylic acids is 1. The van der Waals surface area contributed by atoms with Gasteiger partial charge in [-0.05, 0) is 42.5 Å². The molecule has 0 aliphatic carbocycles. The number of hydrogen-bond donors (Lipinski definition) is 1. The number of rotatable bonds is 4. The molecule has 0 spiro atoms. The van der Waals surface area contributed by atoms with Gasteiger partial charge in [0, 0.05) is 22.2 Å². The molecule has 1 aromatic heterocycles. The lowest BCUT2D eigenvalue weighted by atomic mass is 10.1. The molecule has 6 heteroatoms. The molecule has 1 N–H and O–H groups in total. The fourth-order valence-corrected chi connectivity index (χ4v) is 2.17. The minimum absolute atomic E-state index is 0.187. The first-order valence-electron chi connectivity index (χ1n) is 6.87. The first kappa shape index (κ1) is 15.2. The van der Waals surface area contributed by atoms with Crippen LogP contribution >= 0.6 is 11.6 Å². The molecule has 0 bridgehead atoms. The molecule has 3 rings (SSSR count). The number of benzene rings is 2. The van der Waals surface area contributed by atoms with E-state index >= 15 is 0 Å². The van der Waals surface area contributed by atoms with Gasteiger partial charge in [0.05, 0.1) is 6.54 Å². The molecule has 0 unspecified atom stereocenters. The quantitative estimate of drug-likeness (QED) is 0.784. The number of hydrogen-bond acceptors (Lipinski definition) is 3. The molecular formula is C17H12ClFN2O2. The summed E-state index contributed by atoms with van der Waals surface area (Å²) in [5.41, 5.74) is 1.66. The Labute approximate surface area is 136 Å². The van der Waals surface area contributed by atoms with Gasteiger partial charge in [-0.2, -0.15) is 0 Å². The minimum atomic E-state index is -0.455. The topological polar surface area (TPSA) is 55.1 Å². The van der Waals surface area contributed by atoms with Crippen molar-refractivity contribution in [1.29, 1.82) is 0 Å². The number of nitrogens with one attached hydrogen (secondary N) is 1. The Hall–Kier alpha value is -2.66. The molecule has 1 amide bonds. The number of carbonyl (C=O) groups is 1. The summed E-state index contributed by atoms with van der Waals surface area (Å²) in [6.45, 7) is 0.187. The number of aromatic nitrogens is 1. The molecule has 4 nitrogen and oxygen atoms in total. The second kappa shape index (κ2) is 6.62. The highest BCUT2D eigenvalue weighted by Crippen LogP contribution is 2.22. The van der Waals surface area contributed by atoms with Crippen molar-refractivity contribution in [2.45, 2.75) is 6.54 Å². The summed E-state index contributed by atoms with van der Waals surface area (Å²) in [5.74, 6) is -0.249. The van der Waals surface area contributed by atoms with Crippen LogP contribution in [0.25, 0.3) is 11.3 Å². The zero-order valence-corrected chi connectivity index (χ0v) is 12.7. The van der Waals surface area contributed by atoms with Gasteiger partial charge in [-0.15, -0.1) is 0 Å². The second-order valence-electron chi connectivity index (χ2n) is 4.88. The molecule has 0 radical (unpaired) electrons. The van der Waals surface area contributed by atoms with Gasteiger partial charge < -0.3 is 9.84 Å². The van der Waals surface area contributed by atoms with Gasteiger partial charge in [0.25, 0.3) is 5.91 Å². The fourth-order valence-electron chi connectivity index (χ4n) is 2.05. The van der Waals surface area contributed by atoms with Crippen molar-refractivity contribution in [2.24, 2.45) is 0 Å². The molecule has 0 aliphatic heterocycles. The van der Waals surface area contributed by atoms with Crippen molar-refractivity contribution in [2.75, 3.05) is 0 Å². The van der Waals surface area contributed by atoms with Gasteiger partial charge in [0.1, 0.15) is 11.5 Å². The van der Waals surface area contributed by atoms with E-state index in [0.717, 1.165) is 5.56 Å². The predicted molar refractivity (Wildman–Crippen MR) is 84.5 cm³/mol. The maximum Gasteiger partial charge on any atom is 0.251 e. The van der Waals surface area contributed by atoms with Crippen LogP contribution in [0.15, 0.2) is 59.1 Å². The highest BCUT2D eigenvalue weighted by atomic mass is 35.5. The van der Waals surface area contributed by atoms with Crippen molar-refractivity contribution in [3.63, 3.8) is 0 Å². The summed E-state index contributed by atoms with van der Waals surface area (Å²) in [5, 5.41) is 7.20. The Morgan fingerprint density at radius 3 is 2.70 bits per heavy atom. The summed E-state index contributed by atoms with van der Waals surface area (Å²) in [4.78, 5) is 11.9. The standard InChI is InChI=1S/C17H12ClFN2O2/c18-13-6-4-11(5-7-13)16-9-15(21-23-16)10-20-17(22)12-2-1-3-14(19)8-12/h1-9H,10H2,(H,20,22). The van der Waals surface area contributed by atoms with Crippen molar-refractivity contribution < 1.29 is 13.7 Å². The maximum absolute atomic E-state index is 13.1. The molecule has 0 saturated heterocycles. The number of nitrogens with zero attached hydrogens (tertiary/aromatic N) is 1. The van der Waals surface area contributed by atoms with E-state index in [1.165, 1.54) is 18.2 Å². The van der Waals surface area contributed by atoms with E-state index in [1.54, 1.807) is 24.3 Å². The normalized spacial score (nSPS) is 10.5. The van der Waals surface area contributed by atoms with Gasteiger partial charge in [0.2, 0.25) is 0 Å². The molecule has 1 heterocycles. The van der Waals surface area contributed by atoms with Crippen molar-refractivity contribution >= 4 is 17.5 Å². The Balaban J connectivity index is 1.65. The molecular weight excluding hydrogens is 319 g/mol. The smallest absolute Gasteiger partial charge is 0.251 e. The highest BCUT2D eigenvalue weighted by molar-refractivity contribution is 6.30. The monoisotopic (exact) mass is 330 g/mol. The third-order valence-corrected chi connectivity index (χ3v) is 3.46. The lowest BCUT2D eigenvalue weighted by molar-refractivity contribution is 0.0949. The number of amides is 1. The largest absolute Gasteiger partial charge is 0.356 e. The van der Waals surface area contributed by atoms with Gasteiger partial charge in [-0.1, -0.05) is 22.8 Å². The molecule has 2 aromatic carbocycles. The Kier molecular flexibility index (Phi) is 4.39. The Morgan fingerprint density at radius 2 is 1.96 bits per heavy atom. The first-order chi connectivity index (χ1) is 11.1. The molecule has 0 saturated carbocycles. The van der Waals surface area contributed by atoms with Crippen LogP contribution in [0.5, 0.6) is 0 Å². The van der Waals surface area contributed by atoms with E-state index in [4.69, 9.17) is 16.1 Å². The molecule has 3 aromatic rings. The average Bonchev–Trinajstić information content (AvgIpc) is 3.02. The van der Waals surface area contributed by atoms with Crippen LogP contribution in [0.1, 0.15) is 16.1 Å². The van der Waals surface area contributed by atoms with Gasteiger partial charge in [-0.25, -0.2) is 4.39 Å². The summed E-state index contributed by atoms with van der Waals surface area (Å²) in [7, 11) is 0. The minimum Gasteiger partial charge on any atom is -0.356 e. The van der Waals surface area contributed by atoms with Crippen LogP contribution in [0, 0.1) is 5.82 Å². The lowest BCUT2D eigenvalue weighted by Crippen LogP contribution is -2.22. The molecule has 0 atom stereocenters. The summed E-state index contributed by atoms with van der Waals surface area (Å²) >= 11 is 5.84. The van der Waals surface area contributed by atoms with Crippen molar-refractivity contribution in [1.82, 2.24) is 10.5 Å². The van der Waals surface area contributed by atoms with Crippen molar-refractivity contribution in [3.8, 4) is 11.3 Å². The van der Waals surface area contributed by atoms with Gasteiger partial charge >= 0.3 is 0 Å². The third-order valence-electron chi connectivity index (χ3n) is 3.20. The fraction of sp³-hybridized carbons (Fsp3) is 0.0588. The zero-order valence-electron chi connectivity index (χ0n) is 11.9. The summed E-state index contributed by atoms with van der Waals surface area (Å²) < 4.78 is 18.3. The average molecular weight is 331 g/mol. The Bertz CT molecular complexity index is 831. The zero-order chi connectivity index (χ0) is 16.2. The van der Waals surface area contributed by atoms with E-state index in [-0.39, 0.29) is 18.0 Å². The van der Waals surface area contributed by atoms with Crippen LogP contribution in [-0.4, -0.2) is 11.1 Å². The summed E-state index contributed by atoms with van der Waals surface area (Å²) in [6.07, 6.45) is 0. The third kappa shape index (κ3) is 3.76. The Morgan fingerprint density at radius 1 is 1.17 bits per heavy atom. The SMILES string of the molecule is O=C(NCc1cc(-c2ccc(Cl)cc2)on1)c1cccc(F)c1. The molecule has 116 valence electrons. The van der Waals surface area contributed by atoms with Gasteiger partial charge in [0.15, 0.2) is 5.76 Å². The van der Waals surface area contributed by atoms with E-state index in [1.807, 2.05) is 12.1 Å². The van der Waals surface area contributed by atoms with E-state index in [9.17, 15) is 9.18 Å². The van der Waals surface area contributed by atoms with E-state index < -0.39 is 5.82 Å². The predicted octanol–water partition coefficient (Wildman–Crippen LogP) is 4.06. The lowest BCUT2D eigenvalue weighted by Gasteiger charge is -2.02. The van der Waals surface area contributed by atoms with Crippen LogP contribution in [0.2, 0.25) is 5.02 Å². The maximum atomic E-state index is 13.1.